The van der Waals surface area contributed by atoms with E-state index in [2.05, 4.69) is 11.6 Å². The fourth-order valence-corrected chi connectivity index (χ4v) is 0.756. The summed E-state index contributed by atoms with van der Waals surface area (Å²) in [5.74, 6) is 0. The molecule has 0 aromatic carbocycles. The molecule has 1 heterocycles. The van der Waals surface area contributed by atoms with Gasteiger partial charge in [-0.1, -0.05) is 6.08 Å². The molecule has 0 atom stereocenters. The van der Waals surface area contributed by atoms with E-state index in [9.17, 15) is 0 Å². The van der Waals surface area contributed by atoms with Crippen molar-refractivity contribution >= 4 is 0 Å². The van der Waals surface area contributed by atoms with Crippen molar-refractivity contribution in [2.75, 3.05) is 13.2 Å². The van der Waals surface area contributed by atoms with E-state index in [1.54, 1.807) is 18.6 Å². The van der Waals surface area contributed by atoms with Crippen LogP contribution in [0, 0.1) is 0 Å². The molecule has 0 radical (unpaired) electrons. The molecule has 0 saturated carbocycles. The Morgan fingerprint density at radius 3 is 3.18 bits per heavy atom. The third-order valence-corrected chi connectivity index (χ3v) is 1.29. The number of imidazole rings is 1. The Balaban J connectivity index is 2.09. The van der Waals surface area contributed by atoms with Crippen molar-refractivity contribution < 1.29 is 4.74 Å². The second kappa shape index (κ2) is 4.68. The zero-order valence-electron chi connectivity index (χ0n) is 6.44. The van der Waals surface area contributed by atoms with Crippen LogP contribution in [-0.2, 0) is 11.3 Å². The van der Waals surface area contributed by atoms with Crippen LogP contribution in [0.5, 0.6) is 0 Å². The van der Waals surface area contributed by atoms with E-state index >= 15 is 0 Å². The van der Waals surface area contributed by atoms with Gasteiger partial charge in [-0.25, -0.2) is 4.98 Å². The van der Waals surface area contributed by atoms with E-state index in [4.69, 9.17) is 4.74 Å². The molecule has 3 heteroatoms. The first-order valence-electron chi connectivity index (χ1n) is 3.58. The molecular formula is C8H12N2O. The van der Waals surface area contributed by atoms with E-state index in [0.29, 0.717) is 13.2 Å². The van der Waals surface area contributed by atoms with E-state index in [1.807, 2.05) is 10.8 Å². The zero-order valence-corrected chi connectivity index (χ0v) is 6.44. The van der Waals surface area contributed by atoms with Crippen LogP contribution in [0.15, 0.2) is 31.4 Å². The lowest BCUT2D eigenvalue weighted by Gasteiger charge is -2.00. The largest absolute Gasteiger partial charge is 0.376 e. The molecule has 11 heavy (non-hydrogen) atoms. The van der Waals surface area contributed by atoms with Gasteiger partial charge in [-0.3, -0.25) is 0 Å². The predicted molar refractivity (Wildman–Crippen MR) is 43.2 cm³/mol. The van der Waals surface area contributed by atoms with Gasteiger partial charge < -0.3 is 9.30 Å². The van der Waals surface area contributed by atoms with Gasteiger partial charge in [0.25, 0.3) is 0 Å². The molecule has 0 aliphatic rings. The number of ether oxygens (including phenoxy) is 1. The fraction of sp³-hybridized carbons (Fsp3) is 0.375. The monoisotopic (exact) mass is 152 g/mol. The highest BCUT2D eigenvalue weighted by Gasteiger charge is 1.87. The van der Waals surface area contributed by atoms with Crippen molar-refractivity contribution in [3.63, 3.8) is 0 Å². The second-order valence-electron chi connectivity index (χ2n) is 2.16. The lowest BCUT2D eigenvalue weighted by molar-refractivity contribution is 0.153. The summed E-state index contributed by atoms with van der Waals surface area (Å²) in [6, 6.07) is 0. The van der Waals surface area contributed by atoms with Crippen molar-refractivity contribution in [1.82, 2.24) is 9.55 Å². The fourth-order valence-electron chi connectivity index (χ4n) is 0.756. The Hall–Kier alpha value is -1.09. The zero-order chi connectivity index (χ0) is 7.94. The molecule has 0 bridgehead atoms. The molecule has 0 unspecified atom stereocenters. The molecule has 1 rings (SSSR count). The molecule has 1 aromatic heterocycles. The maximum absolute atomic E-state index is 5.19. The van der Waals surface area contributed by atoms with Crippen LogP contribution < -0.4 is 0 Å². The van der Waals surface area contributed by atoms with Gasteiger partial charge in [-0.2, -0.15) is 0 Å². The number of hydrogen-bond acceptors (Lipinski definition) is 2. The molecule has 0 aliphatic heterocycles. The minimum absolute atomic E-state index is 0.620. The number of nitrogens with zero attached hydrogens (tertiary/aromatic N) is 2. The van der Waals surface area contributed by atoms with Crippen molar-refractivity contribution in [2.45, 2.75) is 6.54 Å². The summed E-state index contributed by atoms with van der Waals surface area (Å²) in [5.41, 5.74) is 0. The molecule has 60 valence electrons. The normalized spacial score (nSPS) is 9.82. The van der Waals surface area contributed by atoms with Crippen LogP contribution in [0.2, 0.25) is 0 Å². The molecule has 0 aliphatic carbocycles. The summed E-state index contributed by atoms with van der Waals surface area (Å²) in [6.07, 6.45) is 7.19. The van der Waals surface area contributed by atoms with Gasteiger partial charge in [0.05, 0.1) is 19.5 Å². The lowest BCUT2D eigenvalue weighted by Crippen LogP contribution is -2.03. The predicted octanol–water partition coefficient (Wildman–Crippen LogP) is 1.09. The minimum atomic E-state index is 0.620. The quantitative estimate of drug-likeness (QED) is 0.466. The first-order chi connectivity index (χ1) is 5.43. The molecule has 0 fully saturated rings. The van der Waals surface area contributed by atoms with Crippen molar-refractivity contribution in [2.24, 2.45) is 0 Å². The highest BCUT2D eigenvalue weighted by atomic mass is 16.5. The van der Waals surface area contributed by atoms with E-state index < -0.39 is 0 Å². The highest BCUT2D eigenvalue weighted by molar-refractivity contribution is 4.73. The van der Waals surface area contributed by atoms with Gasteiger partial charge in [0, 0.05) is 18.9 Å². The molecule has 0 amide bonds. The van der Waals surface area contributed by atoms with E-state index in [0.717, 1.165) is 6.54 Å². The average molecular weight is 152 g/mol. The minimum Gasteiger partial charge on any atom is -0.376 e. The summed E-state index contributed by atoms with van der Waals surface area (Å²) in [7, 11) is 0. The van der Waals surface area contributed by atoms with Gasteiger partial charge in [0.15, 0.2) is 0 Å². The Kier molecular flexibility index (Phi) is 3.41. The van der Waals surface area contributed by atoms with E-state index in [-0.39, 0.29) is 0 Å². The smallest absolute Gasteiger partial charge is 0.0946 e. The van der Waals surface area contributed by atoms with Crippen LogP contribution in [-0.4, -0.2) is 22.8 Å². The molecule has 3 nitrogen and oxygen atoms in total. The van der Waals surface area contributed by atoms with Crippen LogP contribution >= 0.6 is 0 Å². The van der Waals surface area contributed by atoms with Crippen molar-refractivity contribution in [3.05, 3.63) is 31.4 Å². The maximum Gasteiger partial charge on any atom is 0.0946 e. The number of aromatic nitrogens is 2. The molecule has 1 aromatic rings. The standard InChI is InChI=1S/C8H12N2O/c1-2-6-11-7-5-10-4-3-9-8-10/h2-4,8H,1,5-7H2. The molecular weight excluding hydrogens is 140 g/mol. The van der Waals surface area contributed by atoms with Gasteiger partial charge in [-0.15, -0.1) is 6.58 Å². The summed E-state index contributed by atoms with van der Waals surface area (Å²) in [6.45, 7) is 5.74. The summed E-state index contributed by atoms with van der Waals surface area (Å²) >= 11 is 0. The first-order valence-corrected chi connectivity index (χ1v) is 3.58. The van der Waals surface area contributed by atoms with Crippen LogP contribution in [0.1, 0.15) is 0 Å². The Bertz CT molecular complexity index is 194. The Morgan fingerprint density at radius 2 is 2.55 bits per heavy atom. The van der Waals surface area contributed by atoms with Gasteiger partial charge in [0.1, 0.15) is 0 Å². The average Bonchev–Trinajstić information content (AvgIpc) is 2.50. The molecule has 0 N–H and O–H groups in total. The number of rotatable bonds is 5. The van der Waals surface area contributed by atoms with Gasteiger partial charge in [-0.05, 0) is 0 Å². The van der Waals surface area contributed by atoms with Crippen LogP contribution in [0.25, 0.3) is 0 Å². The van der Waals surface area contributed by atoms with E-state index in [1.165, 1.54) is 0 Å². The number of hydrogen-bond donors (Lipinski definition) is 0. The third-order valence-electron chi connectivity index (χ3n) is 1.29. The SMILES string of the molecule is C=CCOCCn1ccnc1. The molecule has 0 saturated heterocycles. The first kappa shape index (κ1) is 8.01. The van der Waals surface area contributed by atoms with Crippen LogP contribution in [0.3, 0.4) is 0 Å². The Morgan fingerprint density at radius 1 is 1.64 bits per heavy atom. The second-order valence-corrected chi connectivity index (χ2v) is 2.16. The maximum atomic E-state index is 5.19. The van der Waals surface area contributed by atoms with Gasteiger partial charge in [0.2, 0.25) is 0 Å². The third kappa shape index (κ3) is 3.00. The lowest BCUT2D eigenvalue weighted by atomic mass is 10.6. The van der Waals surface area contributed by atoms with Gasteiger partial charge >= 0.3 is 0 Å². The summed E-state index contributed by atoms with van der Waals surface area (Å²) in [5, 5.41) is 0. The van der Waals surface area contributed by atoms with Crippen LogP contribution in [0.4, 0.5) is 0 Å². The summed E-state index contributed by atoms with van der Waals surface area (Å²) in [4.78, 5) is 3.91. The molecule has 0 spiro atoms. The van der Waals surface area contributed by atoms with Crippen molar-refractivity contribution in [1.29, 1.82) is 0 Å². The summed E-state index contributed by atoms with van der Waals surface area (Å²) < 4.78 is 7.16. The highest BCUT2D eigenvalue weighted by Crippen LogP contribution is 1.86. The topological polar surface area (TPSA) is 27.1 Å². The van der Waals surface area contributed by atoms with Crippen molar-refractivity contribution in [3.8, 4) is 0 Å². The Labute approximate surface area is 66.3 Å².